The predicted octanol–water partition coefficient (Wildman–Crippen LogP) is 6.18. The van der Waals surface area contributed by atoms with Gasteiger partial charge in [0.05, 0.1) is 15.9 Å². The SMILES string of the molecule is O=C(CCCSc1nc2ccccc2s1)Nc1ccc(-c2cn3ccsc3n2)cc1. The Kier molecular flexibility index (Phi) is 5.52. The maximum absolute atomic E-state index is 12.3. The molecule has 0 unspecified atom stereocenters. The van der Waals surface area contributed by atoms with E-state index in [1.54, 1.807) is 34.4 Å². The Morgan fingerprint density at radius 3 is 2.80 bits per heavy atom. The molecule has 0 saturated carbocycles. The highest BCUT2D eigenvalue weighted by atomic mass is 32.2. The second kappa shape index (κ2) is 8.59. The highest BCUT2D eigenvalue weighted by Crippen LogP contribution is 2.30. The van der Waals surface area contributed by atoms with E-state index in [4.69, 9.17) is 0 Å². The highest BCUT2D eigenvalue weighted by Gasteiger charge is 2.08. The van der Waals surface area contributed by atoms with Crippen LogP contribution in [0, 0.1) is 0 Å². The van der Waals surface area contributed by atoms with Crippen LogP contribution >= 0.6 is 34.4 Å². The number of aromatic nitrogens is 3. The minimum absolute atomic E-state index is 0.0372. The van der Waals surface area contributed by atoms with Crippen LogP contribution in [0.5, 0.6) is 0 Å². The van der Waals surface area contributed by atoms with Gasteiger partial charge in [0.25, 0.3) is 0 Å². The molecule has 0 spiro atoms. The van der Waals surface area contributed by atoms with Gasteiger partial charge in [0, 0.05) is 41.2 Å². The Labute approximate surface area is 185 Å². The summed E-state index contributed by atoms with van der Waals surface area (Å²) >= 11 is 5.03. The molecule has 0 aliphatic carbocycles. The number of carbonyl (C=O) groups is 1. The van der Waals surface area contributed by atoms with E-state index in [9.17, 15) is 4.79 Å². The van der Waals surface area contributed by atoms with Crippen molar-refractivity contribution in [2.45, 2.75) is 17.2 Å². The molecule has 5 rings (SSSR count). The Morgan fingerprint density at radius 2 is 1.97 bits per heavy atom. The fraction of sp³-hybridized carbons (Fsp3) is 0.136. The molecular formula is C22H18N4OS3. The predicted molar refractivity (Wildman–Crippen MR) is 127 cm³/mol. The molecule has 0 aliphatic heterocycles. The van der Waals surface area contributed by atoms with Gasteiger partial charge in [-0.15, -0.1) is 22.7 Å². The number of amides is 1. The summed E-state index contributed by atoms with van der Waals surface area (Å²) in [5, 5.41) is 4.99. The first kappa shape index (κ1) is 19.3. The van der Waals surface area contributed by atoms with Crippen LogP contribution in [0.15, 0.2) is 70.6 Å². The molecule has 0 saturated heterocycles. The van der Waals surface area contributed by atoms with E-state index >= 15 is 0 Å². The van der Waals surface area contributed by atoms with Crippen molar-refractivity contribution in [3.63, 3.8) is 0 Å². The van der Waals surface area contributed by atoms with Crippen molar-refractivity contribution in [3.05, 3.63) is 66.3 Å². The first-order chi connectivity index (χ1) is 14.7. The summed E-state index contributed by atoms with van der Waals surface area (Å²) < 4.78 is 4.28. The van der Waals surface area contributed by atoms with Gasteiger partial charge in [0.2, 0.25) is 5.91 Å². The van der Waals surface area contributed by atoms with Gasteiger partial charge in [-0.25, -0.2) is 9.97 Å². The molecule has 1 N–H and O–H groups in total. The molecule has 0 atom stereocenters. The van der Waals surface area contributed by atoms with Gasteiger partial charge in [0.1, 0.15) is 0 Å². The molecule has 3 aromatic heterocycles. The molecule has 1 amide bonds. The zero-order valence-electron chi connectivity index (χ0n) is 15.9. The number of para-hydroxylation sites is 1. The zero-order chi connectivity index (χ0) is 20.3. The lowest BCUT2D eigenvalue weighted by Crippen LogP contribution is -2.11. The number of benzene rings is 2. The fourth-order valence-corrected chi connectivity index (χ4v) is 5.90. The normalized spacial score (nSPS) is 11.3. The number of thioether (sulfide) groups is 1. The third kappa shape index (κ3) is 4.26. The zero-order valence-corrected chi connectivity index (χ0v) is 18.4. The molecule has 3 heterocycles. The van der Waals surface area contributed by atoms with Crippen LogP contribution < -0.4 is 5.32 Å². The minimum atomic E-state index is 0.0372. The first-order valence-corrected chi connectivity index (χ1v) is 12.2. The maximum atomic E-state index is 12.3. The second-order valence-corrected chi connectivity index (χ2v) is 9.99. The molecule has 5 nitrogen and oxygen atoms in total. The van der Waals surface area contributed by atoms with Gasteiger partial charge in [-0.1, -0.05) is 36.0 Å². The quantitative estimate of drug-likeness (QED) is 0.237. The van der Waals surface area contributed by atoms with E-state index in [0.717, 1.165) is 43.9 Å². The van der Waals surface area contributed by atoms with Crippen molar-refractivity contribution in [2.75, 3.05) is 11.1 Å². The number of thiazole rings is 2. The Balaban J connectivity index is 1.10. The number of imidazole rings is 1. The van der Waals surface area contributed by atoms with E-state index in [-0.39, 0.29) is 5.91 Å². The van der Waals surface area contributed by atoms with Gasteiger partial charge in [-0.05, 0) is 30.7 Å². The highest BCUT2D eigenvalue weighted by molar-refractivity contribution is 8.01. The molecule has 150 valence electrons. The van der Waals surface area contributed by atoms with Crippen LogP contribution in [-0.4, -0.2) is 26.0 Å². The van der Waals surface area contributed by atoms with Gasteiger partial charge in [0.15, 0.2) is 9.30 Å². The van der Waals surface area contributed by atoms with Crippen molar-refractivity contribution >= 4 is 61.2 Å². The lowest BCUT2D eigenvalue weighted by Gasteiger charge is -2.06. The second-order valence-electron chi connectivity index (χ2n) is 6.74. The van der Waals surface area contributed by atoms with Gasteiger partial charge < -0.3 is 5.32 Å². The third-order valence-electron chi connectivity index (χ3n) is 4.61. The molecule has 0 radical (unpaired) electrons. The maximum Gasteiger partial charge on any atom is 0.224 e. The number of nitrogens with one attached hydrogen (secondary N) is 1. The van der Waals surface area contributed by atoms with E-state index < -0.39 is 0 Å². The van der Waals surface area contributed by atoms with Crippen molar-refractivity contribution in [1.29, 1.82) is 0 Å². The van der Waals surface area contributed by atoms with Crippen molar-refractivity contribution in [3.8, 4) is 11.3 Å². The Morgan fingerprint density at radius 1 is 1.10 bits per heavy atom. The van der Waals surface area contributed by atoms with E-state index in [1.807, 2.05) is 64.6 Å². The van der Waals surface area contributed by atoms with Crippen LogP contribution in [0.2, 0.25) is 0 Å². The number of anilines is 1. The molecule has 2 aromatic carbocycles. The summed E-state index contributed by atoms with van der Waals surface area (Å²) in [6, 6.07) is 16.0. The smallest absolute Gasteiger partial charge is 0.224 e. The Bertz CT molecular complexity index is 1240. The summed E-state index contributed by atoms with van der Waals surface area (Å²) in [4.78, 5) is 22.5. The topological polar surface area (TPSA) is 59.3 Å². The number of hydrogen-bond donors (Lipinski definition) is 1. The summed E-state index contributed by atoms with van der Waals surface area (Å²) in [7, 11) is 0. The number of rotatable bonds is 7. The van der Waals surface area contributed by atoms with Crippen molar-refractivity contribution < 1.29 is 4.79 Å². The average molecular weight is 451 g/mol. The number of hydrogen-bond acceptors (Lipinski definition) is 6. The summed E-state index contributed by atoms with van der Waals surface area (Å²) in [6.07, 6.45) is 5.33. The standard InChI is InChI=1S/C22H18N4OS3/c27-20(6-3-12-29-22-25-17-4-1-2-5-19(17)30-22)23-16-9-7-15(8-10-16)18-14-26-11-13-28-21(26)24-18/h1-2,4-5,7-11,13-14H,3,6,12H2,(H,23,27). The van der Waals surface area contributed by atoms with Gasteiger partial charge >= 0.3 is 0 Å². The van der Waals surface area contributed by atoms with Crippen LogP contribution in [-0.2, 0) is 4.79 Å². The number of fused-ring (bicyclic) bond motifs is 2. The molecule has 8 heteroatoms. The van der Waals surface area contributed by atoms with Crippen LogP contribution in [0.1, 0.15) is 12.8 Å². The fourth-order valence-electron chi connectivity index (χ4n) is 3.12. The molecule has 0 aliphatic rings. The van der Waals surface area contributed by atoms with E-state index in [1.165, 1.54) is 4.70 Å². The van der Waals surface area contributed by atoms with Crippen LogP contribution in [0.25, 0.3) is 26.4 Å². The van der Waals surface area contributed by atoms with Gasteiger partial charge in [-0.3, -0.25) is 9.20 Å². The van der Waals surface area contributed by atoms with E-state index in [0.29, 0.717) is 6.42 Å². The molecule has 5 aromatic rings. The lowest BCUT2D eigenvalue weighted by atomic mass is 10.1. The third-order valence-corrected chi connectivity index (χ3v) is 7.64. The number of carbonyl (C=O) groups excluding carboxylic acids is 1. The average Bonchev–Trinajstić information content (AvgIpc) is 3.46. The van der Waals surface area contributed by atoms with Crippen molar-refractivity contribution in [2.24, 2.45) is 0 Å². The molecular weight excluding hydrogens is 432 g/mol. The van der Waals surface area contributed by atoms with E-state index in [2.05, 4.69) is 21.4 Å². The van der Waals surface area contributed by atoms with Crippen molar-refractivity contribution in [1.82, 2.24) is 14.4 Å². The summed E-state index contributed by atoms with van der Waals surface area (Å²) in [6.45, 7) is 0. The monoisotopic (exact) mass is 450 g/mol. The lowest BCUT2D eigenvalue weighted by molar-refractivity contribution is -0.116. The summed E-state index contributed by atoms with van der Waals surface area (Å²) in [5.74, 6) is 0.916. The number of nitrogens with zero attached hydrogens (tertiary/aromatic N) is 3. The molecule has 0 bridgehead atoms. The molecule has 0 fully saturated rings. The largest absolute Gasteiger partial charge is 0.326 e. The minimum Gasteiger partial charge on any atom is -0.326 e. The van der Waals surface area contributed by atoms with Crippen LogP contribution in [0.4, 0.5) is 5.69 Å². The summed E-state index contributed by atoms with van der Waals surface area (Å²) in [5.41, 5.74) is 3.83. The molecule has 30 heavy (non-hydrogen) atoms. The Hall–Kier alpha value is -2.68. The van der Waals surface area contributed by atoms with Gasteiger partial charge in [-0.2, -0.15) is 0 Å². The van der Waals surface area contributed by atoms with Crippen LogP contribution in [0.3, 0.4) is 0 Å². The first-order valence-electron chi connectivity index (χ1n) is 9.55.